The molecule has 0 aliphatic heterocycles. The number of carbonyl (C=O) groups excluding carboxylic acids is 1. The molecule has 0 saturated carbocycles. The standard InChI is InChI=1S/C19H16FN5O2S/c20-14-4-1-3-13(9-14)11-24-12-22-17-15(19(24)27)10-23-25(17)7-6-21-18(26)16-5-2-8-28-16/h1-5,8-10,12H,6-7,11H2,(H,21,26). The number of rotatable bonds is 6. The molecular formula is C19H16FN5O2S. The van der Waals surface area contributed by atoms with E-state index in [1.807, 2.05) is 11.4 Å². The van der Waals surface area contributed by atoms with Gasteiger partial charge in [-0.05, 0) is 29.1 Å². The quantitative estimate of drug-likeness (QED) is 0.541. The minimum Gasteiger partial charge on any atom is -0.349 e. The molecule has 142 valence electrons. The number of hydrogen-bond acceptors (Lipinski definition) is 5. The number of fused-ring (bicyclic) bond motifs is 1. The van der Waals surface area contributed by atoms with Crippen LogP contribution in [0.3, 0.4) is 0 Å². The number of nitrogens with zero attached hydrogens (tertiary/aromatic N) is 4. The van der Waals surface area contributed by atoms with E-state index in [0.717, 1.165) is 0 Å². The molecule has 0 aliphatic carbocycles. The first-order valence-electron chi connectivity index (χ1n) is 8.59. The highest BCUT2D eigenvalue weighted by molar-refractivity contribution is 7.12. The molecule has 4 rings (SSSR count). The monoisotopic (exact) mass is 397 g/mol. The second-order valence-electron chi connectivity index (χ2n) is 6.15. The maximum Gasteiger partial charge on any atom is 0.264 e. The van der Waals surface area contributed by atoms with Gasteiger partial charge in [0, 0.05) is 6.54 Å². The lowest BCUT2D eigenvalue weighted by molar-refractivity contribution is 0.0956. The van der Waals surface area contributed by atoms with E-state index < -0.39 is 0 Å². The van der Waals surface area contributed by atoms with Crippen molar-refractivity contribution >= 4 is 28.3 Å². The molecule has 1 amide bonds. The number of carbonyl (C=O) groups is 1. The fraction of sp³-hybridized carbons (Fsp3) is 0.158. The molecule has 3 heterocycles. The summed E-state index contributed by atoms with van der Waals surface area (Å²) in [5.41, 5.74) is 0.876. The number of benzene rings is 1. The molecular weight excluding hydrogens is 381 g/mol. The third kappa shape index (κ3) is 3.70. The van der Waals surface area contributed by atoms with Gasteiger partial charge in [-0.25, -0.2) is 14.1 Å². The summed E-state index contributed by atoms with van der Waals surface area (Å²) in [5, 5.41) is 9.25. The van der Waals surface area contributed by atoms with Crippen molar-refractivity contribution in [2.75, 3.05) is 6.54 Å². The molecule has 3 aromatic heterocycles. The Labute approximate surface area is 163 Å². The molecule has 0 saturated heterocycles. The van der Waals surface area contributed by atoms with Gasteiger partial charge in [-0.3, -0.25) is 14.2 Å². The normalized spacial score (nSPS) is 11.0. The van der Waals surface area contributed by atoms with Crippen LogP contribution in [0.2, 0.25) is 0 Å². The molecule has 0 aliphatic rings. The highest BCUT2D eigenvalue weighted by atomic mass is 32.1. The summed E-state index contributed by atoms with van der Waals surface area (Å²) in [6, 6.07) is 9.67. The van der Waals surface area contributed by atoms with Crippen LogP contribution < -0.4 is 10.9 Å². The molecule has 1 aromatic carbocycles. The number of nitrogens with one attached hydrogen (secondary N) is 1. The Morgan fingerprint density at radius 1 is 1.25 bits per heavy atom. The number of aromatic nitrogens is 4. The van der Waals surface area contributed by atoms with Gasteiger partial charge in [0.1, 0.15) is 17.5 Å². The first-order valence-corrected chi connectivity index (χ1v) is 9.47. The molecule has 7 nitrogen and oxygen atoms in total. The molecule has 0 fully saturated rings. The van der Waals surface area contributed by atoms with Gasteiger partial charge < -0.3 is 5.32 Å². The Bertz CT molecular complexity index is 1180. The molecule has 4 aromatic rings. The zero-order valence-electron chi connectivity index (χ0n) is 14.7. The van der Waals surface area contributed by atoms with Crippen LogP contribution in [-0.2, 0) is 13.1 Å². The Balaban J connectivity index is 1.48. The van der Waals surface area contributed by atoms with E-state index in [0.29, 0.717) is 34.6 Å². The van der Waals surface area contributed by atoms with Crippen molar-refractivity contribution in [3.05, 3.63) is 80.9 Å². The highest BCUT2D eigenvalue weighted by Crippen LogP contribution is 2.09. The Hall–Kier alpha value is -3.33. The van der Waals surface area contributed by atoms with E-state index >= 15 is 0 Å². The van der Waals surface area contributed by atoms with Gasteiger partial charge >= 0.3 is 0 Å². The second-order valence-corrected chi connectivity index (χ2v) is 7.09. The lowest BCUT2D eigenvalue weighted by Gasteiger charge is -2.07. The zero-order chi connectivity index (χ0) is 19.5. The smallest absolute Gasteiger partial charge is 0.264 e. The fourth-order valence-electron chi connectivity index (χ4n) is 2.88. The van der Waals surface area contributed by atoms with E-state index in [1.165, 1.54) is 40.6 Å². The minimum absolute atomic E-state index is 0.142. The summed E-state index contributed by atoms with van der Waals surface area (Å²) in [7, 11) is 0. The average Bonchev–Trinajstić information content (AvgIpc) is 3.35. The first kappa shape index (κ1) is 18.1. The highest BCUT2D eigenvalue weighted by Gasteiger charge is 2.11. The number of hydrogen-bond donors (Lipinski definition) is 1. The van der Waals surface area contributed by atoms with Crippen LogP contribution in [0, 0.1) is 5.82 Å². The van der Waals surface area contributed by atoms with Crippen molar-refractivity contribution < 1.29 is 9.18 Å². The van der Waals surface area contributed by atoms with Crippen molar-refractivity contribution in [2.45, 2.75) is 13.1 Å². The first-order chi connectivity index (χ1) is 13.6. The van der Waals surface area contributed by atoms with E-state index in [-0.39, 0.29) is 23.8 Å². The SMILES string of the molecule is O=C(NCCn1ncc2c(=O)n(Cc3cccc(F)c3)cnc21)c1cccs1. The number of halogens is 1. The van der Waals surface area contributed by atoms with E-state index in [9.17, 15) is 14.0 Å². The van der Waals surface area contributed by atoms with Crippen molar-refractivity contribution in [1.29, 1.82) is 0 Å². The largest absolute Gasteiger partial charge is 0.349 e. The molecule has 28 heavy (non-hydrogen) atoms. The van der Waals surface area contributed by atoms with E-state index in [2.05, 4.69) is 15.4 Å². The van der Waals surface area contributed by atoms with Crippen LogP contribution in [-0.4, -0.2) is 31.8 Å². The molecule has 0 bridgehead atoms. The summed E-state index contributed by atoms with van der Waals surface area (Å²) in [4.78, 5) is 29.6. The maximum atomic E-state index is 13.3. The van der Waals surface area contributed by atoms with Crippen molar-refractivity contribution in [3.8, 4) is 0 Å². The average molecular weight is 397 g/mol. The maximum absolute atomic E-state index is 13.3. The lowest BCUT2D eigenvalue weighted by Crippen LogP contribution is -2.27. The van der Waals surface area contributed by atoms with Gasteiger partial charge in [-0.15, -0.1) is 11.3 Å². The molecule has 0 spiro atoms. The number of thiophene rings is 1. The van der Waals surface area contributed by atoms with Crippen molar-refractivity contribution in [1.82, 2.24) is 24.6 Å². The molecule has 9 heteroatoms. The van der Waals surface area contributed by atoms with Gasteiger partial charge in [0.2, 0.25) is 0 Å². The molecule has 0 atom stereocenters. The zero-order valence-corrected chi connectivity index (χ0v) is 15.5. The van der Waals surface area contributed by atoms with Crippen molar-refractivity contribution in [3.63, 3.8) is 0 Å². The fourth-order valence-corrected chi connectivity index (χ4v) is 3.52. The molecule has 0 unspecified atom stereocenters. The summed E-state index contributed by atoms with van der Waals surface area (Å²) >= 11 is 1.37. The van der Waals surface area contributed by atoms with Gasteiger partial charge in [-0.2, -0.15) is 5.10 Å². The Morgan fingerprint density at radius 3 is 2.93 bits per heavy atom. The summed E-state index contributed by atoms with van der Waals surface area (Å²) in [5.74, 6) is -0.492. The van der Waals surface area contributed by atoms with Crippen LogP contribution >= 0.6 is 11.3 Å². The molecule has 1 N–H and O–H groups in total. The predicted octanol–water partition coefficient (Wildman–Crippen LogP) is 2.27. The van der Waals surface area contributed by atoms with Crippen LogP contribution in [0.5, 0.6) is 0 Å². The van der Waals surface area contributed by atoms with Crippen molar-refractivity contribution in [2.24, 2.45) is 0 Å². The summed E-state index contributed by atoms with van der Waals surface area (Å²) in [6.45, 7) is 0.976. The number of amides is 1. The third-order valence-electron chi connectivity index (χ3n) is 4.22. The van der Waals surface area contributed by atoms with Crippen LogP contribution in [0.15, 0.2) is 59.1 Å². The molecule has 0 radical (unpaired) electrons. The van der Waals surface area contributed by atoms with E-state index in [1.54, 1.807) is 22.9 Å². The van der Waals surface area contributed by atoms with Gasteiger partial charge in [0.25, 0.3) is 11.5 Å². The lowest BCUT2D eigenvalue weighted by atomic mass is 10.2. The van der Waals surface area contributed by atoms with Crippen LogP contribution in [0.25, 0.3) is 11.0 Å². The predicted molar refractivity (Wildman–Crippen MR) is 104 cm³/mol. The topological polar surface area (TPSA) is 81.8 Å². The minimum atomic E-state index is -0.350. The van der Waals surface area contributed by atoms with Gasteiger partial charge in [-0.1, -0.05) is 18.2 Å². The van der Waals surface area contributed by atoms with Crippen LogP contribution in [0.1, 0.15) is 15.2 Å². The Morgan fingerprint density at radius 2 is 2.14 bits per heavy atom. The van der Waals surface area contributed by atoms with Gasteiger partial charge in [0.05, 0.1) is 24.2 Å². The second kappa shape index (κ2) is 7.73. The van der Waals surface area contributed by atoms with E-state index in [4.69, 9.17) is 0 Å². The third-order valence-corrected chi connectivity index (χ3v) is 5.09. The van der Waals surface area contributed by atoms with Gasteiger partial charge in [0.15, 0.2) is 5.65 Å². The summed E-state index contributed by atoms with van der Waals surface area (Å²) < 4.78 is 16.3. The summed E-state index contributed by atoms with van der Waals surface area (Å²) in [6.07, 6.45) is 2.89. The Kier molecular flexibility index (Phi) is 4.98. The van der Waals surface area contributed by atoms with Crippen LogP contribution in [0.4, 0.5) is 4.39 Å².